The van der Waals surface area contributed by atoms with E-state index in [2.05, 4.69) is 6.92 Å². The number of nitrogens with two attached hydrogens (primary N) is 1. The highest BCUT2D eigenvalue weighted by Crippen LogP contribution is 2.41. The second kappa shape index (κ2) is 5.76. The summed E-state index contributed by atoms with van der Waals surface area (Å²) < 4.78 is 37.7. The molecule has 2 atom stereocenters. The molecule has 0 amide bonds. The molecule has 1 nitrogen and oxygen atoms in total. The largest absolute Gasteiger partial charge is 0.416 e. The molecule has 0 aliphatic heterocycles. The van der Waals surface area contributed by atoms with Crippen molar-refractivity contribution in [3.8, 4) is 0 Å². The van der Waals surface area contributed by atoms with Crippen molar-refractivity contribution >= 4 is 0 Å². The Bertz CT molecular complexity index is 438. The van der Waals surface area contributed by atoms with Crippen molar-refractivity contribution in [1.29, 1.82) is 0 Å². The molecule has 0 spiro atoms. The Morgan fingerprint density at radius 1 is 1.25 bits per heavy atom. The van der Waals surface area contributed by atoms with E-state index < -0.39 is 11.7 Å². The molecule has 112 valence electrons. The van der Waals surface area contributed by atoms with Crippen molar-refractivity contribution in [3.05, 3.63) is 35.4 Å². The van der Waals surface area contributed by atoms with E-state index in [0.29, 0.717) is 12.5 Å². The van der Waals surface area contributed by atoms with Crippen LogP contribution in [0.5, 0.6) is 0 Å². The van der Waals surface area contributed by atoms with Crippen molar-refractivity contribution < 1.29 is 13.2 Å². The standard InChI is InChI=1S/C16H22F3N/c1-12-3-2-8-15(9-12,11-20)10-13-4-6-14(7-5-13)16(17,18)19/h4-7,12H,2-3,8-11,20H2,1H3. The van der Waals surface area contributed by atoms with Gasteiger partial charge in [-0.1, -0.05) is 31.9 Å². The van der Waals surface area contributed by atoms with Crippen LogP contribution in [0.25, 0.3) is 0 Å². The van der Waals surface area contributed by atoms with Crippen LogP contribution in [-0.2, 0) is 12.6 Å². The number of halogens is 3. The van der Waals surface area contributed by atoms with E-state index in [4.69, 9.17) is 5.73 Å². The van der Waals surface area contributed by atoms with E-state index in [1.165, 1.54) is 25.0 Å². The Balaban J connectivity index is 2.12. The number of hydrogen-bond donors (Lipinski definition) is 1. The minimum absolute atomic E-state index is 0.0669. The lowest BCUT2D eigenvalue weighted by molar-refractivity contribution is -0.137. The molecule has 2 rings (SSSR count). The maximum Gasteiger partial charge on any atom is 0.416 e. The first-order valence-electron chi connectivity index (χ1n) is 7.21. The average molecular weight is 285 g/mol. The van der Waals surface area contributed by atoms with Crippen LogP contribution in [0.1, 0.15) is 43.7 Å². The quantitative estimate of drug-likeness (QED) is 0.875. The van der Waals surface area contributed by atoms with Crippen LogP contribution >= 0.6 is 0 Å². The Kier molecular flexibility index (Phi) is 4.43. The third-order valence-electron chi connectivity index (χ3n) is 4.48. The van der Waals surface area contributed by atoms with Gasteiger partial charge in [0.2, 0.25) is 0 Å². The molecule has 0 saturated heterocycles. The Labute approximate surface area is 118 Å². The molecule has 2 unspecified atom stereocenters. The third kappa shape index (κ3) is 3.54. The number of benzene rings is 1. The average Bonchev–Trinajstić information content (AvgIpc) is 2.38. The smallest absolute Gasteiger partial charge is 0.330 e. The SMILES string of the molecule is CC1CCCC(CN)(Cc2ccc(C(F)(F)F)cc2)C1. The minimum atomic E-state index is -4.26. The van der Waals surface area contributed by atoms with Crippen molar-refractivity contribution in [3.63, 3.8) is 0 Å². The number of hydrogen-bond acceptors (Lipinski definition) is 1. The van der Waals surface area contributed by atoms with Gasteiger partial charge in [0, 0.05) is 0 Å². The van der Waals surface area contributed by atoms with Crippen molar-refractivity contribution in [2.24, 2.45) is 17.1 Å². The summed E-state index contributed by atoms with van der Waals surface area (Å²) in [5.74, 6) is 0.654. The predicted molar refractivity (Wildman–Crippen MR) is 74.3 cm³/mol. The lowest BCUT2D eigenvalue weighted by atomic mass is 9.67. The summed E-state index contributed by atoms with van der Waals surface area (Å²) in [6.45, 7) is 2.84. The zero-order chi connectivity index (χ0) is 14.8. The molecule has 0 bridgehead atoms. The fourth-order valence-corrected chi connectivity index (χ4v) is 3.43. The normalized spacial score (nSPS) is 27.6. The van der Waals surface area contributed by atoms with Gasteiger partial charge in [-0.3, -0.25) is 0 Å². The maximum atomic E-state index is 12.6. The van der Waals surface area contributed by atoms with E-state index in [9.17, 15) is 13.2 Å². The summed E-state index contributed by atoms with van der Waals surface area (Å²) in [5.41, 5.74) is 6.41. The van der Waals surface area contributed by atoms with Crippen LogP contribution in [-0.4, -0.2) is 6.54 Å². The first-order chi connectivity index (χ1) is 9.35. The van der Waals surface area contributed by atoms with E-state index in [1.54, 1.807) is 12.1 Å². The molecule has 1 saturated carbocycles. The number of alkyl halides is 3. The van der Waals surface area contributed by atoms with Crippen LogP contribution < -0.4 is 5.73 Å². The summed E-state index contributed by atoms with van der Waals surface area (Å²) in [4.78, 5) is 0. The number of rotatable bonds is 3. The van der Waals surface area contributed by atoms with Crippen LogP contribution in [0.2, 0.25) is 0 Å². The maximum absolute atomic E-state index is 12.6. The van der Waals surface area contributed by atoms with E-state index in [-0.39, 0.29) is 5.41 Å². The zero-order valence-corrected chi connectivity index (χ0v) is 11.8. The third-order valence-corrected chi connectivity index (χ3v) is 4.48. The highest BCUT2D eigenvalue weighted by atomic mass is 19.4. The molecule has 1 aliphatic rings. The van der Waals surface area contributed by atoms with Gasteiger partial charge in [-0.05, 0) is 54.8 Å². The van der Waals surface area contributed by atoms with Crippen LogP contribution in [0, 0.1) is 11.3 Å². The Morgan fingerprint density at radius 2 is 1.90 bits per heavy atom. The molecule has 0 aromatic heterocycles. The highest BCUT2D eigenvalue weighted by Gasteiger charge is 2.34. The van der Waals surface area contributed by atoms with Gasteiger partial charge in [0.15, 0.2) is 0 Å². The first kappa shape index (κ1) is 15.4. The molecule has 0 radical (unpaired) electrons. The summed E-state index contributed by atoms with van der Waals surface area (Å²) in [5, 5.41) is 0. The van der Waals surface area contributed by atoms with Gasteiger partial charge >= 0.3 is 6.18 Å². The topological polar surface area (TPSA) is 26.0 Å². The predicted octanol–water partition coefficient (Wildman–Crippen LogP) is 4.40. The van der Waals surface area contributed by atoms with E-state index in [0.717, 1.165) is 24.8 Å². The fraction of sp³-hybridized carbons (Fsp3) is 0.625. The van der Waals surface area contributed by atoms with Crippen molar-refractivity contribution in [2.75, 3.05) is 6.54 Å². The minimum Gasteiger partial charge on any atom is -0.330 e. The summed E-state index contributed by atoms with van der Waals surface area (Å²) in [6.07, 6.45) is 1.07. The Morgan fingerprint density at radius 3 is 2.40 bits per heavy atom. The van der Waals surface area contributed by atoms with Gasteiger partial charge in [-0.15, -0.1) is 0 Å². The molecule has 1 aromatic carbocycles. The molecule has 1 aliphatic carbocycles. The molecule has 20 heavy (non-hydrogen) atoms. The molecular formula is C16H22F3N. The molecule has 1 fully saturated rings. The highest BCUT2D eigenvalue weighted by molar-refractivity contribution is 5.25. The lowest BCUT2D eigenvalue weighted by Crippen LogP contribution is -2.37. The van der Waals surface area contributed by atoms with Gasteiger partial charge in [-0.2, -0.15) is 13.2 Å². The van der Waals surface area contributed by atoms with Gasteiger partial charge in [0.05, 0.1) is 5.56 Å². The summed E-state index contributed by atoms with van der Waals surface area (Å²) >= 11 is 0. The summed E-state index contributed by atoms with van der Waals surface area (Å²) in [6, 6.07) is 5.54. The zero-order valence-electron chi connectivity index (χ0n) is 11.8. The fourth-order valence-electron chi connectivity index (χ4n) is 3.43. The van der Waals surface area contributed by atoms with E-state index in [1.807, 2.05) is 0 Å². The second-order valence-electron chi connectivity index (χ2n) is 6.28. The molecular weight excluding hydrogens is 263 g/mol. The summed E-state index contributed by atoms with van der Waals surface area (Å²) in [7, 11) is 0. The van der Waals surface area contributed by atoms with Gasteiger partial charge in [-0.25, -0.2) is 0 Å². The lowest BCUT2D eigenvalue weighted by Gasteiger charge is -2.39. The van der Waals surface area contributed by atoms with Crippen LogP contribution in [0.15, 0.2) is 24.3 Å². The molecule has 1 aromatic rings. The molecule has 2 N–H and O–H groups in total. The molecule has 0 heterocycles. The monoisotopic (exact) mass is 285 g/mol. The van der Waals surface area contributed by atoms with Crippen molar-refractivity contribution in [1.82, 2.24) is 0 Å². The first-order valence-corrected chi connectivity index (χ1v) is 7.21. The van der Waals surface area contributed by atoms with Gasteiger partial charge < -0.3 is 5.73 Å². The van der Waals surface area contributed by atoms with E-state index >= 15 is 0 Å². The van der Waals surface area contributed by atoms with Crippen LogP contribution in [0.3, 0.4) is 0 Å². The van der Waals surface area contributed by atoms with Gasteiger partial charge in [0.25, 0.3) is 0 Å². The second-order valence-corrected chi connectivity index (χ2v) is 6.28. The Hall–Kier alpha value is -1.03. The van der Waals surface area contributed by atoms with Crippen LogP contribution in [0.4, 0.5) is 13.2 Å². The molecule has 4 heteroatoms. The van der Waals surface area contributed by atoms with Crippen molar-refractivity contribution in [2.45, 2.75) is 45.2 Å². The van der Waals surface area contributed by atoms with Gasteiger partial charge in [0.1, 0.15) is 0 Å².